The number of rotatable bonds is 7. The van der Waals surface area contributed by atoms with Crippen molar-refractivity contribution in [1.82, 2.24) is 9.55 Å². The molecule has 2 aromatic heterocycles. The van der Waals surface area contributed by atoms with Crippen LogP contribution in [0.15, 0.2) is 140 Å². The molecule has 0 fully saturated rings. The van der Waals surface area contributed by atoms with Gasteiger partial charge in [0.2, 0.25) is 0 Å². The molecule has 0 spiro atoms. The second-order valence-corrected chi connectivity index (χ2v) is 14.0. The summed E-state index contributed by atoms with van der Waals surface area (Å²) in [5.41, 5.74) is 14.4. The van der Waals surface area contributed by atoms with Gasteiger partial charge in [0.1, 0.15) is 0 Å². The van der Waals surface area contributed by atoms with Gasteiger partial charge in [-0.25, -0.2) is 0 Å². The second kappa shape index (κ2) is 13.7. The van der Waals surface area contributed by atoms with Crippen LogP contribution in [0.25, 0.3) is 71.6 Å². The first-order valence-electron chi connectivity index (χ1n) is 16.8. The van der Waals surface area contributed by atoms with Crippen LogP contribution >= 0.6 is 11.3 Å². The molecule has 49 heavy (non-hydrogen) atoms. The van der Waals surface area contributed by atoms with Gasteiger partial charge in [0.15, 0.2) is 0 Å². The number of aromatic nitrogens is 2. The van der Waals surface area contributed by atoms with Crippen LogP contribution in [0, 0.1) is 5.38 Å². The molecule has 2 nitrogen and oxygen atoms in total. The Morgan fingerprint density at radius 2 is 1.06 bits per heavy atom. The van der Waals surface area contributed by atoms with Crippen LogP contribution in [0.2, 0.25) is 0 Å². The van der Waals surface area contributed by atoms with Crippen LogP contribution in [-0.4, -0.2) is 9.55 Å². The van der Waals surface area contributed by atoms with Crippen LogP contribution in [0.4, 0.5) is 0 Å². The van der Waals surface area contributed by atoms with Gasteiger partial charge in [0, 0.05) is 25.8 Å². The van der Waals surface area contributed by atoms with Crippen molar-refractivity contribution < 1.29 is 20.1 Å². The summed E-state index contributed by atoms with van der Waals surface area (Å²) in [6.45, 7) is 9.21. The first kappa shape index (κ1) is 32.9. The average molecular weight is 830 g/mol. The van der Waals surface area contributed by atoms with Gasteiger partial charge in [0.25, 0.3) is 0 Å². The minimum absolute atomic E-state index is 0. The first-order chi connectivity index (χ1) is 23.5. The number of hydrogen-bond donors (Lipinski definition) is 0. The number of imidazole rings is 1. The van der Waals surface area contributed by atoms with E-state index in [1.807, 2.05) is 0 Å². The van der Waals surface area contributed by atoms with Gasteiger partial charge in [-0.3, -0.25) is 16.3 Å². The van der Waals surface area contributed by atoms with Crippen molar-refractivity contribution >= 4 is 32.5 Å². The molecule has 0 amide bonds. The molecule has 0 aliphatic heterocycles. The molecule has 0 unspecified atom stereocenters. The maximum absolute atomic E-state index is 5.35. The van der Waals surface area contributed by atoms with Gasteiger partial charge in [0.05, 0.1) is 16.9 Å². The van der Waals surface area contributed by atoms with Crippen molar-refractivity contribution in [3.05, 3.63) is 156 Å². The third-order valence-corrected chi connectivity index (χ3v) is 10.2. The van der Waals surface area contributed by atoms with E-state index >= 15 is 0 Å². The topological polar surface area (TPSA) is 17.8 Å². The van der Waals surface area contributed by atoms with Gasteiger partial charge >= 0.3 is 0 Å². The number of thiophene rings is 1. The summed E-state index contributed by atoms with van der Waals surface area (Å²) in [5.74, 6) is 1.56. The normalized spacial score (nSPS) is 11.5. The Bertz CT molecular complexity index is 2350. The summed E-state index contributed by atoms with van der Waals surface area (Å²) in [4.78, 5) is 5.35. The Morgan fingerprint density at radius 3 is 1.67 bits per heavy atom. The molecule has 0 aliphatic rings. The third kappa shape index (κ3) is 6.10. The summed E-state index contributed by atoms with van der Waals surface area (Å²) in [5, 5.41) is 4.88. The van der Waals surface area contributed by atoms with Gasteiger partial charge in [-0.2, -0.15) is 0 Å². The molecule has 0 N–H and O–H groups in total. The Hall–Kier alpha value is -4.60. The summed E-state index contributed by atoms with van der Waals surface area (Å²) in [6, 6.07) is 50.3. The fraction of sp³-hybridized carbons (Fsp3) is 0.133. The van der Waals surface area contributed by atoms with Crippen molar-refractivity contribution in [2.24, 2.45) is 0 Å². The first-order valence-corrected chi connectivity index (χ1v) is 17.6. The molecule has 8 aromatic rings. The van der Waals surface area contributed by atoms with Crippen molar-refractivity contribution in [2.75, 3.05) is 0 Å². The largest absolute Gasteiger partial charge is 0.333 e. The zero-order valence-corrected chi connectivity index (χ0v) is 31.3. The van der Waals surface area contributed by atoms with E-state index in [-0.39, 0.29) is 20.1 Å². The second-order valence-electron chi connectivity index (χ2n) is 13.2. The number of para-hydroxylation sites is 2. The van der Waals surface area contributed by atoms with Gasteiger partial charge in [-0.15, -0.1) is 5.39 Å². The van der Waals surface area contributed by atoms with E-state index in [0.29, 0.717) is 11.8 Å². The van der Waals surface area contributed by atoms with Crippen molar-refractivity contribution in [3.8, 4) is 50.5 Å². The minimum atomic E-state index is 0. The summed E-state index contributed by atoms with van der Waals surface area (Å²) in [7, 11) is 0. The number of fused-ring (bicyclic) bond motifs is 2. The molecule has 0 bridgehead atoms. The standard InChI is InChI=1S/C45H37N2S.Ir/c1-29(2)37-26-36(32-15-9-6-10-16-32)27-38(30(3)4)44(37)47-42-18-12-11-17-41(42)46-45(47)40-28-48-43-24-23-35(25-39(40)43)34-21-19-33(20-22-34)31-13-7-5-8-14-31;/h5-27,29-30H,1-4H3;/q-1;. The monoisotopic (exact) mass is 830 g/mol. The van der Waals surface area contributed by atoms with Crippen LogP contribution in [-0.2, 0) is 20.1 Å². The predicted molar refractivity (Wildman–Crippen MR) is 205 cm³/mol. The molecule has 6 aromatic carbocycles. The van der Waals surface area contributed by atoms with Crippen LogP contribution < -0.4 is 0 Å². The Morgan fingerprint density at radius 1 is 0.551 bits per heavy atom. The SMILES string of the molecule is CC(C)c1cc(-c2ccccc2)cc(C(C)C)c1-n1c(-c2[c-]sc3ccc(-c4ccc(-c5ccccc5)cc4)cc23)nc2ccccc21.[Ir]. The van der Waals surface area contributed by atoms with Gasteiger partial charge in [-0.05, 0) is 80.6 Å². The van der Waals surface area contributed by atoms with Gasteiger partial charge < -0.3 is 4.57 Å². The number of benzene rings is 6. The summed E-state index contributed by atoms with van der Waals surface area (Å²) >= 11 is 1.67. The fourth-order valence-corrected chi connectivity index (χ4v) is 7.66. The van der Waals surface area contributed by atoms with E-state index in [1.54, 1.807) is 11.3 Å². The Balaban J connectivity index is 0.00000378. The van der Waals surface area contributed by atoms with E-state index in [9.17, 15) is 0 Å². The van der Waals surface area contributed by atoms with E-state index in [4.69, 9.17) is 4.98 Å². The van der Waals surface area contributed by atoms with E-state index in [1.165, 1.54) is 60.3 Å². The van der Waals surface area contributed by atoms with Gasteiger partial charge in [-0.1, -0.05) is 159 Å². The molecule has 0 saturated carbocycles. The number of nitrogens with zero attached hydrogens (tertiary/aromatic N) is 2. The van der Waals surface area contributed by atoms with Crippen LogP contribution in [0.3, 0.4) is 0 Å². The maximum Gasteiger partial charge on any atom is 0.0774 e. The zero-order valence-electron chi connectivity index (χ0n) is 28.1. The molecule has 0 saturated heterocycles. The Labute approximate surface area is 306 Å². The summed E-state index contributed by atoms with van der Waals surface area (Å²) < 4.78 is 3.63. The molecule has 8 rings (SSSR count). The zero-order chi connectivity index (χ0) is 32.8. The van der Waals surface area contributed by atoms with Crippen molar-refractivity contribution in [2.45, 2.75) is 39.5 Å². The van der Waals surface area contributed by atoms with E-state index < -0.39 is 0 Å². The van der Waals surface area contributed by atoms with E-state index in [0.717, 1.165) is 22.4 Å². The summed E-state index contributed by atoms with van der Waals surface area (Å²) in [6.07, 6.45) is 0. The van der Waals surface area contributed by atoms with Crippen LogP contribution in [0.5, 0.6) is 0 Å². The smallest absolute Gasteiger partial charge is 0.0774 e. The molecular weight excluding hydrogens is 793 g/mol. The fourth-order valence-electron chi connectivity index (χ4n) is 6.84. The van der Waals surface area contributed by atoms with Crippen molar-refractivity contribution in [3.63, 3.8) is 0 Å². The molecule has 1 radical (unpaired) electrons. The third-order valence-electron chi connectivity index (χ3n) is 9.37. The molecule has 4 heteroatoms. The predicted octanol–water partition coefficient (Wildman–Crippen LogP) is 13.0. The maximum atomic E-state index is 5.35. The van der Waals surface area contributed by atoms with Crippen molar-refractivity contribution in [1.29, 1.82) is 0 Å². The minimum Gasteiger partial charge on any atom is -0.333 e. The quantitative estimate of drug-likeness (QED) is 0.146. The molecule has 0 aliphatic carbocycles. The molecule has 243 valence electrons. The average Bonchev–Trinajstić information content (AvgIpc) is 3.73. The molecule has 0 atom stereocenters. The molecule has 2 heterocycles. The molecular formula is C45H37IrN2S-. The van der Waals surface area contributed by atoms with E-state index in [2.05, 4.69) is 177 Å². The van der Waals surface area contributed by atoms with Crippen LogP contribution in [0.1, 0.15) is 50.7 Å². The Kier molecular flexibility index (Phi) is 9.22. The number of hydrogen-bond acceptors (Lipinski definition) is 2.